The van der Waals surface area contributed by atoms with Crippen molar-refractivity contribution >= 4 is 5.84 Å². The smallest absolute Gasteiger partial charge is 0.123 e. The zero-order valence-corrected chi connectivity index (χ0v) is 7.78. The Labute approximate surface area is 82.0 Å². The number of hydrazone groups is 1. The molecule has 0 aromatic heterocycles. The summed E-state index contributed by atoms with van der Waals surface area (Å²) in [5, 5.41) is 6.03. The van der Waals surface area contributed by atoms with Gasteiger partial charge in [-0.15, -0.1) is 0 Å². The van der Waals surface area contributed by atoms with E-state index in [0.29, 0.717) is 12.4 Å². The number of rotatable bonds is 2. The van der Waals surface area contributed by atoms with Crippen molar-refractivity contribution < 1.29 is 4.39 Å². The fraction of sp³-hybridized carbons (Fsp3) is 0.300. The van der Waals surface area contributed by atoms with Crippen LogP contribution in [0.1, 0.15) is 12.0 Å². The van der Waals surface area contributed by atoms with E-state index in [0.717, 1.165) is 18.5 Å². The summed E-state index contributed by atoms with van der Waals surface area (Å²) < 4.78 is 12.6. The molecule has 14 heavy (non-hydrogen) atoms. The Morgan fingerprint density at radius 1 is 1.36 bits per heavy atom. The fourth-order valence-electron chi connectivity index (χ4n) is 1.44. The SMILES string of the molecule is NC1=NN(Cc2ccc(F)cc2)CC1. The van der Waals surface area contributed by atoms with Crippen LogP contribution in [0.5, 0.6) is 0 Å². The van der Waals surface area contributed by atoms with Crippen LogP contribution in [-0.2, 0) is 6.54 Å². The van der Waals surface area contributed by atoms with Crippen LogP contribution in [0.4, 0.5) is 4.39 Å². The fourth-order valence-corrected chi connectivity index (χ4v) is 1.44. The first-order valence-corrected chi connectivity index (χ1v) is 4.56. The second-order valence-electron chi connectivity index (χ2n) is 3.36. The van der Waals surface area contributed by atoms with Crippen molar-refractivity contribution in [2.45, 2.75) is 13.0 Å². The molecule has 1 aromatic carbocycles. The first kappa shape index (κ1) is 8.99. The van der Waals surface area contributed by atoms with Crippen LogP contribution >= 0.6 is 0 Å². The molecule has 0 bridgehead atoms. The summed E-state index contributed by atoms with van der Waals surface area (Å²) in [4.78, 5) is 0. The van der Waals surface area contributed by atoms with Gasteiger partial charge in [0.25, 0.3) is 0 Å². The lowest BCUT2D eigenvalue weighted by Crippen LogP contribution is -2.13. The number of nitrogens with zero attached hydrogens (tertiary/aromatic N) is 2. The van der Waals surface area contributed by atoms with Crippen LogP contribution in [0.3, 0.4) is 0 Å². The van der Waals surface area contributed by atoms with Gasteiger partial charge < -0.3 is 5.73 Å². The lowest BCUT2D eigenvalue weighted by molar-refractivity contribution is 0.310. The molecule has 0 aliphatic carbocycles. The summed E-state index contributed by atoms with van der Waals surface area (Å²) in [7, 11) is 0. The first-order valence-electron chi connectivity index (χ1n) is 4.56. The van der Waals surface area contributed by atoms with E-state index in [1.165, 1.54) is 12.1 Å². The van der Waals surface area contributed by atoms with Crippen molar-refractivity contribution in [1.82, 2.24) is 5.01 Å². The minimum absolute atomic E-state index is 0.210. The third kappa shape index (κ3) is 2.02. The van der Waals surface area contributed by atoms with Gasteiger partial charge in [0.1, 0.15) is 11.7 Å². The normalized spacial score (nSPS) is 15.8. The molecule has 0 saturated carbocycles. The summed E-state index contributed by atoms with van der Waals surface area (Å²) in [6, 6.07) is 6.44. The quantitative estimate of drug-likeness (QED) is 0.769. The molecule has 0 amide bonds. The van der Waals surface area contributed by atoms with Crippen LogP contribution in [0, 0.1) is 5.82 Å². The molecule has 0 radical (unpaired) electrons. The van der Waals surface area contributed by atoms with Crippen LogP contribution in [0.2, 0.25) is 0 Å². The maximum absolute atomic E-state index is 12.6. The Morgan fingerprint density at radius 3 is 2.64 bits per heavy atom. The standard InChI is InChI=1S/C10H12FN3/c11-9-3-1-8(2-4-9)7-14-6-5-10(12)13-14/h1-4H,5-7H2,(H2,12,13). The number of nitrogens with two attached hydrogens (primary N) is 1. The van der Waals surface area contributed by atoms with E-state index in [1.54, 1.807) is 12.1 Å². The average Bonchev–Trinajstić information content (AvgIpc) is 2.56. The topological polar surface area (TPSA) is 41.6 Å². The van der Waals surface area contributed by atoms with Gasteiger partial charge in [0.05, 0.1) is 6.54 Å². The lowest BCUT2D eigenvalue weighted by Gasteiger charge is -2.12. The predicted octanol–water partition coefficient (Wildman–Crippen LogP) is 1.30. The molecule has 2 rings (SSSR count). The maximum atomic E-state index is 12.6. The van der Waals surface area contributed by atoms with Crippen molar-refractivity contribution in [3.63, 3.8) is 0 Å². The summed E-state index contributed by atoms with van der Waals surface area (Å²) >= 11 is 0. The molecule has 74 valence electrons. The predicted molar refractivity (Wildman–Crippen MR) is 53.0 cm³/mol. The van der Waals surface area contributed by atoms with Crippen LogP contribution < -0.4 is 5.73 Å². The maximum Gasteiger partial charge on any atom is 0.123 e. The van der Waals surface area contributed by atoms with Gasteiger partial charge in [0.15, 0.2) is 0 Å². The summed E-state index contributed by atoms with van der Waals surface area (Å²) in [5.74, 6) is 0.463. The number of benzene rings is 1. The van der Waals surface area contributed by atoms with Gasteiger partial charge in [-0.2, -0.15) is 5.10 Å². The molecule has 4 heteroatoms. The Bertz CT molecular complexity index is 345. The van der Waals surface area contributed by atoms with Gasteiger partial charge in [0, 0.05) is 13.0 Å². The van der Waals surface area contributed by atoms with Gasteiger partial charge in [-0.3, -0.25) is 5.01 Å². The molecule has 1 aliphatic rings. The third-order valence-electron chi connectivity index (χ3n) is 2.17. The van der Waals surface area contributed by atoms with Crippen molar-refractivity contribution in [3.8, 4) is 0 Å². The van der Waals surface area contributed by atoms with Crippen molar-refractivity contribution in [2.75, 3.05) is 6.54 Å². The van der Waals surface area contributed by atoms with Crippen LogP contribution in [-0.4, -0.2) is 17.4 Å². The second-order valence-corrected chi connectivity index (χ2v) is 3.36. The minimum atomic E-state index is -0.210. The first-order chi connectivity index (χ1) is 6.74. The number of hydrogen-bond donors (Lipinski definition) is 1. The molecule has 3 nitrogen and oxygen atoms in total. The van der Waals surface area contributed by atoms with E-state index in [1.807, 2.05) is 5.01 Å². The zero-order valence-electron chi connectivity index (χ0n) is 7.78. The average molecular weight is 193 g/mol. The van der Waals surface area contributed by atoms with Crippen molar-refractivity contribution in [3.05, 3.63) is 35.6 Å². The molecular formula is C10H12FN3. The van der Waals surface area contributed by atoms with E-state index in [9.17, 15) is 4.39 Å². The monoisotopic (exact) mass is 193 g/mol. The molecule has 1 heterocycles. The molecule has 0 atom stereocenters. The second kappa shape index (κ2) is 3.65. The number of halogens is 1. The van der Waals surface area contributed by atoms with Gasteiger partial charge in [-0.05, 0) is 17.7 Å². The third-order valence-corrected chi connectivity index (χ3v) is 2.17. The summed E-state index contributed by atoms with van der Waals surface area (Å²) in [5.41, 5.74) is 6.60. The van der Waals surface area contributed by atoms with Gasteiger partial charge >= 0.3 is 0 Å². The highest BCUT2D eigenvalue weighted by Gasteiger charge is 2.11. The van der Waals surface area contributed by atoms with E-state index in [-0.39, 0.29) is 5.82 Å². The van der Waals surface area contributed by atoms with Gasteiger partial charge in [0.2, 0.25) is 0 Å². The van der Waals surface area contributed by atoms with Crippen molar-refractivity contribution in [2.24, 2.45) is 10.8 Å². The Kier molecular flexibility index (Phi) is 2.35. The zero-order chi connectivity index (χ0) is 9.97. The van der Waals surface area contributed by atoms with Gasteiger partial charge in [-0.1, -0.05) is 12.1 Å². The molecule has 2 N–H and O–H groups in total. The lowest BCUT2D eigenvalue weighted by atomic mass is 10.2. The van der Waals surface area contributed by atoms with E-state index >= 15 is 0 Å². The Hall–Kier alpha value is -1.58. The minimum Gasteiger partial charge on any atom is -0.386 e. The summed E-state index contributed by atoms with van der Waals surface area (Å²) in [6.07, 6.45) is 0.821. The molecule has 1 aromatic rings. The highest BCUT2D eigenvalue weighted by atomic mass is 19.1. The van der Waals surface area contributed by atoms with Crippen molar-refractivity contribution in [1.29, 1.82) is 0 Å². The highest BCUT2D eigenvalue weighted by Crippen LogP contribution is 2.10. The van der Waals surface area contributed by atoms with Gasteiger partial charge in [-0.25, -0.2) is 4.39 Å². The van der Waals surface area contributed by atoms with Crippen LogP contribution in [0.15, 0.2) is 29.4 Å². The molecular weight excluding hydrogens is 181 g/mol. The Balaban J connectivity index is 2.01. The molecule has 0 fully saturated rings. The molecule has 0 saturated heterocycles. The van der Waals surface area contributed by atoms with E-state index in [4.69, 9.17) is 5.73 Å². The van der Waals surface area contributed by atoms with E-state index in [2.05, 4.69) is 5.10 Å². The highest BCUT2D eigenvalue weighted by molar-refractivity contribution is 5.81. The van der Waals surface area contributed by atoms with Crippen LogP contribution in [0.25, 0.3) is 0 Å². The molecule has 1 aliphatic heterocycles. The molecule has 0 unspecified atom stereocenters. The number of amidine groups is 1. The number of hydrogen-bond acceptors (Lipinski definition) is 3. The summed E-state index contributed by atoms with van der Waals surface area (Å²) in [6.45, 7) is 1.55. The largest absolute Gasteiger partial charge is 0.386 e. The Morgan fingerprint density at radius 2 is 2.07 bits per heavy atom. The van der Waals surface area contributed by atoms with E-state index < -0.39 is 0 Å². The molecule has 0 spiro atoms.